The second-order valence-electron chi connectivity index (χ2n) is 5.33. The highest BCUT2D eigenvalue weighted by atomic mass is 35.5. The molecule has 3 heterocycles. The highest BCUT2D eigenvalue weighted by Crippen LogP contribution is 2.23. The Morgan fingerprint density at radius 2 is 2.14 bits per heavy atom. The van der Waals surface area contributed by atoms with E-state index in [1.165, 1.54) is 17.8 Å². The average Bonchev–Trinajstić information content (AvgIpc) is 3.18. The molecular weight excluding hydrogens is 310 g/mol. The normalized spacial score (nSPS) is 22.9. The summed E-state index contributed by atoms with van der Waals surface area (Å²) in [6.07, 6.45) is 1.23. The molecule has 0 aliphatic carbocycles. The van der Waals surface area contributed by atoms with Crippen LogP contribution in [0.4, 0.5) is 0 Å². The molecule has 2 saturated heterocycles. The average molecular weight is 332 g/mol. The monoisotopic (exact) mass is 331 g/mol. The van der Waals surface area contributed by atoms with Crippen molar-refractivity contribution in [3.05, 3.63) is 16.3 Å². The van der Waals surface area contributed by atoms with Crippen LogP contribution in [-0.2, 0) is 0 Å². The minimum absolute atomic E-state index is 0. The summed E-state index contributed by atoms with van der Waals surface area (Å²) in [6.45, 7) is 5.85. The van der Waals surface area contributed by atoms with Crippen molar-refractivity contribution < 1.29 is 9.53 Å². The van der Waals surface area contributed by atoms with Crippen LogP contribution in [-0.4, -0.2) is 68.1 Å². The zero-order valence-corrected chi connectivity index (χ0v) is 13.8. The van der Waals surface area contributed by atoms with Gasteiger partial charge < -0.3 is 15.0 Å². The highest BCUT2D eigenvalue weighted by molar-refractivity contribution is 7.12. The van der Waals surface area contributed by atoms with E-state index < -0.39 is 0 Å². The van der Waals surface area contributed by atoms with E-state index >= 15 is 0 Å². The molecule has 1 atom stereocenters. The SMILES string of the molecule is COc1csc(C(=O)N2CCN(C3CCNC3)CC2)c1.Cl. The Morgan fingerprint density at radius 3 is 2.71 bits per heavy atom. The van der Waals surface area contributed by atoms with Crippen molar-refractivity contribution in [1.82, 2.24) is 15.1 Å². The number of hydrogen-bond acceptors (Lipinski definition) is 5. The Kier molecular flexibility index (Phi) is 5.87. The molecular formula is C14H22ClN3O2S. The summed E-state index contributed by atoms with van der Waals surface area (Å²) >= 11 is 1.46. The van der Waals surface area contributed by atoms with Crippen LogP contribution in [0.5, 0.6) is 5.75 Å². The van der Waals surface area contributed by atoms with Crippen molar-refractivity contribution in [3.8, 4) is 5.75 Å². The fourth-order valence-corrected chi connectivity index (χ4v) is 3.76. The molecule has 2 aliphatic heterocycles. The van der Waals surface area contributed by atoms with Gasteiger partial charge in [0.2, 0.25) is 0 Å². The van der Waals surface area contributed by atoms with Crippen molar-refractivity contribution in [2.24, 2.45) is 0 Å². The first-order chi connectivity index (χ1) is 9.78. The van der Waals surface area contributed by atoms with E-state index in [1.807, 2.05) is 16.3 Å². The van der Waals surface area contributed by atoms with Crippen molar-refractivity contribution in [1.29, 1.82) is 0 Å². The summed E-state index contributed by atoms with van der Waals surface area (Å²) < 4.78 is 5.14. The third-order valence-corrected chi connectivity index (χ3v) is 5.07. The van der Waals surface area contributed by atoms with Crippen molar-refractivity contribution in [2.75, 3.05) is 46.4 Å². The number of amides is 1. The maximum Gasteiger partial charge on any atom is 0.264 e. The van der Waals surface area contributed by atoms with Crippen LogP contribution in [0.1, 0.15) is 16.1 Å². The molecule has 2 fully saturated rings. The molecule has 0 bridgehead atoms. The first kappa shape index (κ1) is 16.5. The molecule has 0 radical (unpaired) electrons. The van der Waals surface area contributed by atoms with Gasteiger partial charge in [0.25, 0.3) is 5.91 Å². The highest BCUT2D eigenvalue weighted by Gasteiger charge is 2.28. The first-order valence-corrected chi connectivity index (χ1v) is 8.02. The Labute approximate surface area is 135 Å². The van der Waals surface area contributed by atoms with Crippen molar-refractivity contribution >= 4 is 29.7 Å². The Morgan fingerprint density at radius 1 is 1.38 bits per heavy atom. The van der Waals surface area contributed by atoms with E-state index in [9.17, 15) is 4.79 Å². The number of ether oxygens (including phenoxy) is 1. The van der Waals surface area contributed by atoms with E-state index in [0.29, 0.717) is 6.04 Å². The quantitative estimate of drug-likeness (QED) is 0.907. The topological polar surface area (TPSA) is 44.8 Å². The van der Waals surface area contributed by atoms with Crippen molar-refractivity contribution in [2.45, 2.75) is 12.5 Å². The molecule has 21 heavy (non-hydrogen) atoms. The van der Waals surface area contributed by atoms with E-state index in [4.69, 9.17) is 4.74 Å². The predicted octanol–water partition coefficient (Wildman–Crippen LogP) is 1.30. The Hall–Kier alpha value is -0.820. The molecule has 118 valence electrons. The van der Waals surface area contributed by atoms with Crippen LogP contribution in [0.15, 0.2) is 11.4 Å². The lowest BCUT2D eigenvalue weighted by Gasteiger charge is -2.37. The summed E-state index contributed by atoms with van der Waals surface area (Å²) in [4.78, 5) is 17.7. The lowest BCUT2D eigenvalue weighted by Crippen LogP contribution is -2.52. The molecule has 0 aromatic carbocycles. The maximum absolute atomic E-state index is 12.4. The second kappa shape index (κ2) is 7.45. The molecule has 1 unspecified atom stereocenters. The van der Waals surface area contributed by atoms with Gasteiger partial charge in [0.05, 0.1) is 12.0 Å². The predicted molar refractivity (Wildman–Crippen MR) is 86.9 cm³/mol. The molecule has 1 amide bonds. The minimum atomic E-state index is 0. The van der Waals surface area contributed by atoms with Gasteiger partial charge in [-0.15, -0.1) is 23.7 Å². The van der Waals surface area contributed by atoms with Gasteiger partial charge in [-0.05, 0) is 13.0 Å². The molecule has 2 aliphatic rings. The number of halogens is 1. The van der Waals surface area contributed by atoms with Crippen LogP contribution < -0.4 is 10.1 Å². The second-order valence-corrected chi connectivity index (χ2v) is 6.24. The zero-order chi connectivity index (χ0) is 13.9. The lowest BCUT2D eigenvalue weighted by atomic mass is 10.2. The third kappa shape index (κ3) is 3.69. The van der Waals surface area contributed by atoms with Gasteiger partial charge in [-0.2, -0.15) is 0 Å². The smallest absolute Gasteiger partial charge is 0.264 e. The number of thiophene rings is 1. The van der Waals surface area contributed by atoms with E-state index in [-0.39, 0.29) is 18.3 Å². The van der Waals surface area contributed by atoms with E-state index in [2.05, 4.69) is 10.2 Å². The summed E-state index contributed by atoms with van der Waals surface area (Å²) in [5.74, 6) is 0.913. The number of hydrogen-bond donors (Lipinski definition) is 1. The van der Waals surface area contributed by atoms with Gasteiger partial charge in [-0.25, -0.2) is 0 Å². The van der Waals surface area contributed by atoms with Crippen LogP contribution in [0.3, 0.4) is 0 Å². The number of methoxy groups -OCH3 is 1. The number of carbonyl (C=O) groups is 1. The molecule has 7 heteroatoms. The molecule has 1 aromatic rings. The van der Waals surface area contributed by atoms with Gasteiger partial charge in [0, 0.05) is 50.2 Å². The molecule has 3 rings (SSSR count). The molecule has 0 spiro atoms. The van der Waals surface area contributed by atoms with Crippen LogP contribution in [0.2, 0.25) is 0 Å². The van der Waals surface area contributed by atoms with Gasteiger partial charge in [0.15, 0.2) is 0 Å². The number of piperazine rings is 1. The third-order valence-electron chi connectivity index (χ3n) is 4.17. The van der Waals surface area contributed by atoms with E-state index in [0.717, 1.165) is 49.9 Å². The molecule has 5 nitrogen and oxygen atoms in total. The van der Waals surface area contributed by atoms with Gasteiger partial charge in [0.1, 0.15) is 5.75 Å². The summed E-state index contributed by atoms with van der Waals surface area (Å²) in [5.41, 5.74) is 0. The van der Waals surface area contributed by atoms with Crippen LogP contribution >= 0.6 is 23.7 Å². The minimum Gasteiger partial charge on any atom is -0.496 e. The number of carbonyl (C=O) groups excluding carboxylic acids is 1. The summed E-state index contributed by atoms with van der Waals surface area (Å²) in [6, 6.07) is 2.49. The summed E-state index contributed by atoms with van der Waals surface area (Å²) in [7, 11) is 1.63. The van der Waals surface area contributed by atoms with Gasteiger partial charge in [-0.3, -0.25) is 9.69 Å². The number of nitrogens with zero attached hydrogens (tertiary/aromatic N) is 2. The van der Waals surface area contributed by atoms with Crippen molar-refractivity contribution in [3.63, 3.8) is 0 Å². The number of nitrogens with one attached hydrogen (secondary N) is 1. The molecule has 1 N–H and O–H groups in total. The summed E-state index contributed by atoms with van der Waals surface area (Å²) in [5, 5.41) is 5.29. The van der Waals surface area contributed by atoms with Gasteiger partial charge >= 0.3 is 0 Å². The van der Waals surface area contributed by atoms with Gasteiger partial charge in [-0.1, -0.05) is 0 Å². The fourth-order valence-electron chi connectivity index (χ4n) is 2.94. The Bertz CT molecular complexity index is 469. The molecule has 0 saturated carbocycles. The maximum atomic E-state index is 12.4. The largest absolute Gasteiger partial charge is 0.496 e. The standard InChI is InChI=1S/C14H21N3O2S.ClH/c1-19-12-8-13(20-10-12)14(18)17-6-4-16(5-7-17)11-2-3-15-9-11;/h8,10-11,15H,2-7,9H2,1H3;1H. The van der Waals surface area contributed by atoms with Crippen LogP contribution in [0.25, 0.3) is 0 Å². The van der Waals surface area contributed by atoms with Crippen LogP contribution in [0, 0.1) is 0 Å². The number of rotatable bonds is 3. The molecule has 1 aromatic heterocycles. The van der Waals surface area contributed by atoms with E-state index in [1.54, 1.807) is 7.11 Å². The lowest BCUT2D eigenvalue weighted by molar-refractivity contribution is 0.0588. The first-order valence-electron chi connectivity index (χ1n) is 7.14. The fraction of sp³-hybridized carbons (Fsp3) is 0.643. The zero-order valence-electron chi connectivity index (χ0n) is 12.2. The Balaban J connectivity index is 0.00000161.